The molecule has 0 atom stereocenters. The lowest BCUT2D eigenvalue weighted by molar-refractivity contribution is -0.122. The van der Waals surface area contributed by atoms with Crippen molar-refractivity contribution in [2.45, 2.75) is 0 Å². The number of carbonyl (C=O) groups is 2. The van der Waals surface area contributed by atoms with Crippen LogP contribution in [0.15, 0.2) is 72.3 Å². The third-order valence-electron chi connectivity index (χ3n) is 4.55. The van der Waals surface area contributed by atoms with E-state index >= 15 is 0 Å². The molecule has 1 fully saturated rings. The van der Waals surface area contributed by atoms with E-state index < -0.39 is 11.8 Å². The minimum atomic E-state index is -0.530. The standard InChI is InChI=1S/C22H16N2O3S/c1-27-19-12-5-3-8-15(19)13-17-20(25)23-22(28)24(21(17)26)18-11-6-9-14-7-2-4-10-16(14)18/h2-13H,1H3,(H,23,25,28)/b17-13+. The quantitative estimate of drug-likeness (QED) is 0.422. The summed E-state index contributed by atoms with van der Waals surface area (Å²) in [5.41, 5.74) is 1.25. The van der Waals surface area contributed by atoms with Crippen LogP contribution in [-0.2, 0) is 9.59 Å². The number of benzene rings is 3. The fourth-order valence-corrected chi connectivity index (χ4v) is 3.49. The second kappa shape index (κ2) is 7.25. The van der Waals surface area contributed by atoms with Crippen LogP contribution in [0.1, 0.15) is 5.56 Å². The Bertz CT molecular complexity index is 1150. The van der Waals surface area contributed by atoms with E-state index in [0.29, 0.717) is 17.0 Å². The van der Waals surface area contributed by atoms with Gasteiger partial charge in [0.2, 0.25) is 0 Å². The van der Waals surface area contributed by atoms with Crippen LogP contribution in [0.4, 0.5) is 5.69 Å². The van der Waals surface area contributed by atoms with Gasteiger partial charge in [-0.3, -0.25) is 19.8 Å². The summed E-state index contributed by atoms with van der Waals surface area (Å²) >= 11 is 5.31. The first-order chi connectivity index (χ1) is 13.6. The van der Waals surface area contributed by atoms with E-state index in [9.17, 15) is 9.59 Å². The number of rotatable bonds is 3. The lowest BCUT2D eigenvalue weighted by Gasteiger charge is -2.29. The maximum Gasteiger partial charge on any atom is 0.270 e. The third kappa shape index (κ3) is 3.04. The van der Waals surface area contributed by atoms with E-state index in [0.717, 1.165) is 10.8 Å². The average molecular weight is 388 g/mol. The molecule has 3 aromatic rings. The first kappa shape index (κ1) is 17.9. The van der Waals surface area contributed by atoms with Crippen LogP contribution in [0.2, 0.25) is 0 Å². The van der Waals surface area contributed by atoms with Crippen LogP contribution in [0.25, 0.3) is 16.8 Å². The summed E-state index contributed by atoms with van der Waals surface area (Å²) in [7, 11) is 1.54. The molecular formula is C22H16N2O3S. The number of nitrogens with one attached hydrogen (secondary N) is 1. The zero-order valence-electron chi connectivity index (χ0n) is 15.0. The van der Waals surface area contributed by atoms with Gasteiger partial charge >= 0.3 is 0 Å². The van der Waals surface area contributed by atoms with Gasteiger partial charge in [-0.2, -0.15) is 0 Å². The van der Waals surface area contributed by atoms with Crippen LogP contribution in [0, 0.1) is 0 Å². The van der Waals surface area contributed by atoms with Crippen LogP contribution in [0.3, 0.4) is 0 Å². The summed E-state index contributed by atoms with van der Waals surface area (Å²) < 4.78 is 5.32. The number of para-hydroxylation sites is 1. The molecule has 1 N–H and O–H groups in total. The maximum atomic E-state index is 13.3. The summed E-state index contributed by atoms with van der Waals surface area (Å²) in [5, 5.41) is 4.52. The van der Waals surface area contributed by atoms with E-state index in [-0.39, 0.29) is 10.7 Å². The molecule has 1 aliphatic heterocycles. The number of carbonyl (C=O) groups excluding carboxylic acids is 2. The zero-order chi connectivity index (χ0) is 19.7. The molecule has 28 heavy (non-hydrogen) atoms. The Morgan fingerprint density at radius 3 is 2.50 bits per heavy atom. The van der Waals surface area contributed by atoms with Crippen LogP contribution >= 0.6 is 12.2 Å². The number of thiocarbonyl (C=S) groups is 1. The number of hydrogen-bond acceptors (Lipinski definition) is 4. The molecule has 0 radical (unpaired) electrons. The van der Waals surface area contributed by atoms with E-state index in [1.54, 1.807) is 12.1 Å². The molecule has 1 aliphatic rings. The molecule has 1 saturated heterocycles. The number of anilines is 1. The summed E-state index contributed by atoms with van der Waals surface area (Å²) in [5.74, 6) is -0.436. The van der Waals surface area contributed by atoms with Crippen molar-refractivity contribution in [3.05, 3.63) is 77.9 Å². The fourth-order valence-electron chi connectivity index (χ4n) is 3.22. The topological polar surface area (TPSA) is 58.6 Å². The molecule has 5 nitrogen and oxygen atoms in total. The number of fused-ring (bicyclic) bond motifs is 1. The van der Waals surface area contributed by atoms with Crippen molar-refractivity contribution in [3.63, 3.8) is 0 Å². The molecular weight excluding hydrogens is 372 g/mol. The second-order valence-corrected chi connectivity index (χ2v) is 6.58. The Kier molecular flexibility index (Phi) is 4.63. The number of amides is 2. The van der Waals surface area contributed by atoms with Gasteiger partial charge < -0.3 is 4.74 Å². The Balaban J connectivity index is 1.84. The summed E-state index contributed by atoms with van der Waals surface area (Å²) in [6.45, 7) is 0. The highest BCUT2D eigenvalue weighted by molar-refractivity contribution is 7.80. The van der Waals surface area contributed by atoms with Crippen LogP contribution in [0.5, 0.6) is 5.75 Å². The van der Waals surface area contributed by atoms with Gasteiger partial charge in [-0.15, -0.1) is 0 Å². The number of methoxy groups -OCH3 is 1. The van der Waals surface area contributed by atoms with Crippen LogP contribution in [-0.4, -0.2) is 24.0 Å². The molecule has 0 aromatic heterocycles. The first-order valence-corrected chi connectivity index (χ1v) is 9.03. The first-order valence-electron chi connectivity index (χ1n) is 8.62. The van der Waals surface area contributed by atoms with Gasteiger partial charge in [0.15, 0.2) is 5.11 Å². The predicted molar refractivity (Wildman–Crippen MR) is 113 cm³/mol. The summed E-state index contributed by atoms with van der Waals surface area (Å²) in [6.07, 6.45) is 1.52. The van der Waals surface area contributed by atoms with Crippen molar-refractivity contribution in [3.8, 4) is 5.75 Å². The molecule has 4 rings (SSSR count). The SMILES string of the molecule is COc1ccccc1/C=C1\C(=O)NC(=S)N(c2cccc3ccccc23)C1=O. The molecule has 3 aromatic carbocycles. The van der Waals surface area contributed by atoms with E-state index in [1.165, 1.54) is 18.1 Å². The minimum absolute atomic E-state index is 0.00830. The zero-order valence-corrected chi connectivity index (χ0v) is 15.8. The molecule has 138 valence electrons. The van der Waals surface area contributed by atoms with Crippen molar-refractivity contribution in [2.75, 3.05) is 12.0 Å². The Morgan fingerprint density at radius 1 is 0.964 bits per heavy atom. The van der Waals surface area contributed by atoms with Gasteiger partial charge in [0, 0.05) is 10.9 Å². The van der Waals surface area contributed by atoms with Gasteiger partial charge in [0.1, 0.15) is 11.3 Å². The highest BCUT2D eigenvalue weighted by Gasteiger charge is 2.35. The lowest BCUT2D eigenvalue weighted by Crippen LogP contribution is -2.54. The van der Waals surface area contributed by atoms with Gasteiger partial charge in [0.05, 0.1) is 12.8 Å². The second-order valence-electron chi connectivity index (χ2n) is 6.20. The number of nitrogens with zero attached hydrogens (tertiary/aromatic N) is 1. The molecule has 6 heteroatoms. The molecule has 0 aliphatic carbocycles. The van der Waals surface area contributed by atoms with Gasteiger partial charge in [-0.05, 0) is 35.8 Å². The van der Waals surface area contributed by atoms with Crippen molar-refractivity contribution < 1.29 is 14.3 Å². The predicted octanol–water partition coefficient (Wildman–Crippen LogP) is 3.68. The van der Waals surface area contributed by atoms with Gasteiger partial charge in [0.25, 0.3) is 11.8 Å². The molecule has 1 heterocycles. The molecule has 0 spiro atoms. The monoisotopic (exact) mass is 388 g/mol. The molecule has 0 bridgehead atoms. The van der Waals surface area contributed by atoms with E-state index in [4.69, 9.17) is 17.0 Å². The number of ether oxygens (including phenoxy) is 1. The van der Waals surface area contributed by atoms with Crippen molar-refractivity contribution in [1.29, 1.82) is 0 Å². The van der Waals surface area contributed by atoms with E-state index in [2.05, 4.69) is 5.32 Å². The van der Waals surface area contributed by atoms with E-state index in [1.807, 2.05) is 54.6 Å². The van der Waals surface area contributed by atoms with Gasteiger partial charge in [-0.1, -0.05) is 54.6 Å². The Labute approximate surface area is 167 Å². The van der Waals surface area contributed by atoms with Crippen molar-refractivity contribution in [1.82, 2.24) is 5.32 Å². The molecule has 0 saturated carbocycles. The van der Waals surface area contributed by atoms with Crippen molar-refractivity contribution in [2.24, 2.45) is 0 Å². The molecule has 0 unspecified atom stereocenters. The Morgan fingerprint density at radius 2 is 1.68 bits per heavy atom. The van der Waals surface area contributed by atoms with Gasteiger partial charge in [-0.25, -0.2) is 0 Å². The summed E-state index contributed by atoms with van der Waals surface area (Å²) in [4.78, 5) is 27.1. The molecule has 2 amide bonds. The normalized spacial score (nSPS) is 15.8. The maximum absolute atomic E-state index is 13.3. The summed E-state index contributed by atoms with van der Waals surface area (Å²) in [6, 6.07) is 20.5. The van der Waals surface area contributed by atoms with Crippen LogP contribution < -0.4 is 15.0 Å². The highest BCUT2D eigenvalue weighted by atomic mass is 32.1. The smallest absolute Gasteiger partial charge is 0.270 e. The fraction of sp³-hybridized carbons (Fsp3) is 0.0455. The number of hydrogen-bond donors (Lipinski definition) is 1. The highest BCUT2D eigenvalue weighted by Crippen LogP contribution is 2.30. The third-order valence-corrected chi connectivity index (χ3v) is 4.83. The lowest BCUT2D eigenvalue weighted by atomic mass is 10.0. The largest absolute Gasteiger partial charge is 0.496 e. The van der Waals surface area contributed by atoms with Crippen molar-refractivity contribution >= 4 is 51.7 Å². The average Bonchev–Trinajstić information content (AvgIpc) is 2.71. The Hall–Kier alpha value is -3.51. The minimum Gasteiger partial charge on any atom is -0.496 e.